The molecular formula is C27H32Cl2N4O6. The van der Waals surface area contributed by atoms with Crippen molar-refractivity contribution >= 4 is 40.6 Å². The van der Waals surface area contributed by atoms with Crippen LogP contribution in [0, 0.1) is 5.92 Å². The molecular weight excluding hydrogens is 547 g/mol. The highest BCUT2D eigenvalue weighted by Gasteiger charge is 2.35. The average Bonchev–Trinajstić information content (AvgIpc) is 2.87. The van der Waals surface area contributed by atoms with Crippen LogP contribution in [0.15, 0.2) is 52.1 Å². The normalized spacial score (nSPS) is 11.7. The molecule has 3 aromatic rings. The molecule has 0 amide bonds. The van der Waals surface area contributed by atoms with Gasteiger partial charge >= 0.3 is 11.4 Å². The first-order valence-corrected chi connectivity index (χ1v) is 13.1. The minimum atomic E-state index is -1.61. The number of hydrogen-bond donors (Lipinski definition) is 3. The first-order valence-electron chi connectivity index (χ1n) is 12.3. The molecule has 0 unspecified atom stereocenters. The summed E-state index contributed by atoms with van der Waals surface area (Å²) >= 11 is 12.4. The lowest BCUT2D eigenvalue weighted by molar-refractivity contribution is -0.128. The number of anilines is 2. The first kappa shape index (κ1) is 30.4. The average molecular weight is 579 g/mol. The van der Waals surface area contributed by atoms with Crippen LogP contribution in [0.1, 0.15) is 39.7 Å². The monoisotopic (exact) mass is 578 g/mol. The summed E-state index contributed by atoms with van der Waals surface area (Å²) in [6.45, 7) is 5.77. The zero-order valence-electron chi connectivity index (χ0n) is 22.1. The zero-order valence-corrected chi connectivity index (χ0v) is 23.7. The lowest BCUT2D eigenvalue weighted by atomic mass is 9.91. The molecule has 0 atom stereocenters. The number of halogens is 2. The summed E-state index contributed by atoms with van der Waals surface area (Å²) < 4.78 is 7.69. The number of ether oxygens (including phenoxy) is 1. The van der Waals surface area contributed by atoms with Crippen LogP contribution in [-0.4, -0.2) is 49.4 Å². The van der Waals surface area contributed by atoms with E-state index in [1.54, 1.807) is 42.5 Å². The molecule has 0 spiro atoms. The van der Waals surface area contributed by atoms with Gasteiger partial charge in [0.15, 0.2) is 5.78 Å². The number of Topliss-reactive ketones (excluding diaryl/α,β-unsaturated/α-hetero) is 1. The third-order valence-corrected chi connectivity index (χ3v) is 6.65. The van der Waals surface area contributed by atoms with Gasteiger partial charge in [0, 0.05) is 36.3 Å². The number of aliphatic hydroxyl groups excluding tert-OH is 2. The van der Waals surface area contributed by atoms with Gasteiger partial charge in [0.05, 0.1) is 17.7 Å². The Labute approximate surface area is 235 Å². The van der Waals surface area contributed by atoms with Gasteiger partial charge in [-0.2, -0.15) is 4.98 Å². The Morgan fingerprint density at radius 3 is 2.28 bits per heavy atom. The molecule has 3 N–H and O–H groups in total. The molecule has 0 fully saturated rings. The summed E-state index contributed by atoms with van der Waals surface area (Å²) in [5.74, 6) is -0.812. The minimum absolute atomic E-state index is 0.00800. The second kappa shape index (κ2) is 12.8. The van der Waals surface area contributed by atoms with Crippen molar-refractivity contribution in [3.63, 3.8) is 0 Å². The van der Waals surface area contributed by atoms with E-state index in [2.05, 4.69) is 10.3 Å². The van der Waals surface area contributed by atoms with Gasteiger partial charge in [-0.05, 0) is 63.6 Å². The molecule has 210 valence electrons. The third kappa shape index (κ3) is 7.27. The van der Waals surface area contributed by atoms with Crippen LogP contribution in [0.2, 0.25) is 10.0 Å². The van der Waals surface area contributed by atoms with Gasteiger partial charge in [0.1, 0.15) is 11.3 Å². The maximum Gasteiger partial charge on any atom is 0.355 e. The summed E-state index contributed by atoms with van der Waals surface area (Å²) in [6, 6.07) is 11.7. The van der Waals surface area contributed by atoms with Crippen molar-refractivity contribution in [3.8, 4) is 5.75 Å². The van der Waals surface area contributed by atoms with Gasteiger partial charge < -0.3 is 20.3 Å². The van der Waals surface area contributed by atoms with E-state index in [0.29, 0.717) is 27.0 Å². The number of carbonyl (C=O) groups is 1. The fourth-order valence-corrected chi connectivity index (χ4v) is 4.21. The van der Waals surface area contributed by atoms with Crippen LogP contribution in [0.25, 0.3) is 0 Å². The number of nitrogens with one attached hydrogen (secondary N) is 1. The van der Waals surface area contributed by atoms with Gasteiger partial charge in [-0.3, -0.25) is 9.36 Å². The summed E-state index contributed by atoms with van der Waals surface area (Å²) in [6.07, 6.45) is -0.317. The van der Waals surface area contributed by atoms with Crippen LogP contribution in [0.5, 0.6) is 5.75 Å². The molecule has 39 heavy (non-hydrogen) atoms. The molecule has 0 radical (unpaired) electrons. The Kier molecular flexibility index (Phi) is 9.95. The van der Waals surface area contributed by atoms with Crippen LogP contribution < -0.4 is 21.4 Å². The number of aliphatic hydroxyl groups is 2. The number of rotatable bonds is 12. The van der Waals surface area contributed by atoms with Crippen molar-refractivity contribution in [2.75, 3.05) is 18.5 Å². The van der Waals surface area contributed by atoms with Crippen LogP contribution in [-0.2, 0) is 16.9 Å². The molecule has 3 rings (SSSR count). The molecule has 0 saturated heterocycles. The number of benzene rings is 2. The lowest BCUT2D eigenvalue weighted by Gasteiger charge is -2.27. The molecule has 0 bridgehead atoms. The van der Waals surface area contributed by atoms with Crippen molar-refractivity contribution in [2.24, 2.45) is 5.92 Å². The van der Waals surface area contributed by atoms with Crippen molar-refractivity contribution in [1.82, 2.24) is 14.1 Å². The molecule has 2 aromatic carbocycles. The largest absolute Gasteiger partial charge is 0.489 e. The van der Waals surface area contributed by atoms with Crippen molar-refractivity contribution < 1.29 is 19.7 Å². The number of hydrogen-bond acceptors (Lipinski definition) is 8. The summed E-state index contributed by atoms with van der Waals surface area (Å²) in [5, 5.41) is 22.6. The smallest absolute Gasteiger partial charge is 0.355 e. The third-order valence-electron chi connectivity index (χ3n) is 6.11. The molecule has 0 aliphatic rings. The lowest BCUT2D eigenvalue weighted by Crippen LogP contribution is -2.54. The Morgan fingerprint density at radius 1 is 1.08 bits per heavy atom. The summed E-state index contributed by atoms with van der Waals surface area (Å²) in [7, 11) is 0. The zero-order chi connectivity index (χ0) is 28.9. The van der Waals surface area contributed by atoms with E-state index < -0.39 is 41.8 Å². The topological polar surface area (TPSA) is 136 Å². The second-order valence-corrected chi connectivity index (χ2v) is 10.7. The minimum Gasteiger partial charge on any atom is -0.489 e. The van der Waals surface area contributed by atoms with E-state index in [1.165, 1.54) is 18.4 Å². The van der Waals surface area contributed by atoms with Gasteiger partial charge in [0.2, 0.25) is 5.95 Å². The molecule has 0 aliphatic heterocycles. The Hall–Kier alpha value is -3.18. The number of nitrogens with zero attached hydrogens (tertiary/aromatic N) is 3. The summed E-state index contributed by atoms with van der Waals surface area (Å²) in [4.78, 5) is 44.2. The van der Waals surface area contributed by atoms with Crippen LogP contribution in [0.3, 0.4) is 0 Å². The van der Waals surface area contributed by atoms with E-state index in [-0.39, 0.29) is 25.0 Å². The second-order valence-electron chi connectivity index (χ2n) is 9.90. The maximum atomic E-state index is 13.8. The predicted octanol–water partition coefficient (Wildman–Crippen LogP) is 3.59. The van der Waals surface area contributed by atoms with Crippen molar-refractivity contribution in [3.05, 3.63) is 79.0 Å². The SMILES string of the molecule is CC(C)Oc1ccc(Nc2nc(=O)n(C(C)(C)C(=O)CC(CO)CO)c(=O)n2Cc2ccc(Cl)cc2)cc1Cl. The van der Waals surface area contributed by atoms with Gasteiger partial charge in [-0.15, -0.1) is 0 Å². The Morgan fingerprint density at radius 2 is 1.72 bits per heavy atom. The fourth-order valence-electron chi connectivity index (χ4n) is 3.86. The summed E-state index contributed by atoms with van der Waals surface area (Å²) in [5.41, 5.74) is -2.18. The number of ketones is 1. The molecule has 0 aliphatic carbocycles. The van der Waals surface area contributed by atoms with E-state index in [4.69, 9.17) is 27.9 Å². The Bertz CT molecular complexity index is 1430. The molecule has 1 aromatic heterocycles. The van der Waals surface area contributed by atoms with Crippen molar-refractivity contribution in [1.29, 1.82) is 0 Å². The van der Waals surface area contributed by atoms with Gasteiger partial charge in [0.25, 0.3) is 0 Å². The fraction of sp³-hybridized carbons (Fsp3) is 0.407. The van der Waals surface area contributed by atoms with E-state index >= 15 is 0 Å². The Balaban J connectivity index is 2.11. The highest BCUT2D eigenvalue weighted by Crippen LogP contribution is 2.29. The quantitative estimate of drug-likeness (QED) is 0.296. The maximum absolute atomic E-state index is 13.8. The first-order chi connectivity index (χ1) is 18.4. The predicted molar refractivity (Wildman–Crippen MR) is 150 cm³/mol. The van der Waals surface area contributed by atoms with E-state index in [0.717, 1.165) is 4.57 Å². The highest BCUT2D eigenvalue weighted by molar-refractivity contribution is 6.32. The van der Waals surface area contributed by atoms with Crippen molar-refractivity contribution in [2.45, 2.75) is 52.3 Å². The van der Waals surface area contributed by atoms with E-state index in [9.17, 15) is 24.6 Å². The van der Waals surface area contributed by atoms with Gasteiger partial charge in [-0.1, -0.05) is 35.3 Å². The number of aromatic nitrogens is 3. The highest BCUT2D eigenvalue weighted by atomic mass is 35.5. The van der Waals surface area contributed by atoms with Gasteiger partial charge in [-0.25, -0.2) is 14.2 Å². The molecule has 12 heteroatoms. The molecule has 10 nitrogen and oxygen atoms in total. The number of carbonyl (C=O) groups excluding carboxylic acids is 1. The standard InChI is InChI=1S/C27H32Cl2N4O6/c1-16(2)39-22-10-9-20(12-21(22)29)30-24-31-25(37)33(27(3,4)23(36)11-18(14-34)15-35)26(38)32(24)13-17-5-7-19(28)8-6-17/h5-10,12,16,18,34-35H,11,13-15H2,1-4H3,(H,30,31,37). The van der Waals surface area contributed by atoms with Crippen LogP contribution >= 0.6 is 23.2 Å². The van der Waals surface area contributed by atoms with Crippen LogP contribution in [0.4, 0.5) is 11.6 Å². The van der Waals surface area contributed by atoms with E-state index in [1.807, 2.05) is 13.8 Å². The molecule has 0 saturated carbocycles. The molecule has 1 heterocycles.